The fraction of sp³-hybridized carbons (Fsp3) is 0.533. The van der Waals surface area contributed by atoms with Gasteiger partial charge in [0.1, 0.15) is 11.5 Å². The highest BCUT2D eigenvalue weighted by Crippen LogP contribution is 2.35. The summed E-state index contributed by atoms with van der Waals surface area (Å²) in [4.78, 5) is 14.0. The molecule has 1 aromatic carbocycles. The van der Waals surface area contributed by atoms with E-state index < -0.39 is 9.84 Å². The van der Waals surface area contributed by atoms with Crippen LogP contribution in [0.15, 0.2) is 12.1 Å². The number of nitrogens with one attached hydrogen (secondary N) is 1. The highest BCUT2D eigenvalue weighted by atomic mass is 35.5. The van der Waals surface area contributed by atoms with Crippen molar-refractivity contribution in [3.05, 3.63) is 17.2 Å². The van der Waals surface area contributed by atoms with Crippen LogP contribution in [0, 0.1) is 0 Å². The summed E-state index contributed by atoms with van der Waals surface area (Å²) in [5.74, 6) is 0.827. The molecule has 1 amide bonds. The highest BCUT2D eigenvalue weighted by Gasteiger charge is 2.31. The van der Waals surface area contributed by atoms with Gasteiger partial charge in [0.2, 0.25) is 5.91 Å². The molecule has 1 atom stereocenters. The molecular weight excluding hydrogens is 356 g/mol. The summed E-state index contributed by atoms with van der Waals surface area (Å²) in [6.45, 7) is 0.0777. The quantitative estimate of drug-likeness (QED) is 0.808. The minimum atomic E-state index is -2.98. The van der Waals surface area contributed by atoms with Gasteiger partial charge in [-0.3, -0.25) is 9.69 Å². The molecule has 1 aliphatic heterocycles. The van der Waals surface area contributed by atoms with Crippen molar-refractivity contribution in [3.63, 3.8) is 0 Å². The smallest absolute Gasteiger partial charge is 0.238 e. The monoisotopic (exact) mass is 376 g/mol. The summed E-state index contributed by atoms with van der Waals surface area (Å²) in [6, 6.07) is 3.00. The molecule has 0 bridgehead atoms. The van der Waals surface area contributed by atoms with Crippen LogP contribution in [0.1, 0.15) is 6.42 Å². The molecule has 1 aliphatic rings. The molecule has 0 radical (unpaired) electrons. The minimum absolute atomic E-state index is 0.0777. The molecule has 0 spiro atoms. The largest absolute Gasteiger partial charge is 0.495 e. The number of methoxy groups -OCH3 is 2. The van der Waals surface area contributed by atoms with Crippen LogP contribution < -0.4 is 14.8 Å². The lowest BCUT2D eigenvalue weighted by Gasteiger charge is -2.22. The Bertz CT molecular complexity index is 723. The van der Waals surface area contributed by atoms with Crippen molar-refractivity contribution in [2.45, 2.75) is 12.5 Å². The molecule has 7 nitrogen and oxygen atoms in total. The second kappa shape index (κ2) is 7.58. The van der Waals surface area contributed by atoms with Gasteiger partial charge in [-0.05, 0) is 13.5 Å². The number of benzene rings is 1. The molecule has 134 valence electrons. The van der Waals surface area contributed by atoms with Crippen molar-refractivity contribution in [1.29, 1.82) is 0 Å². The van der Waals surface area contributed by atoms with Gasteiger partial charge in [0.25, 0.3) is 0 Å². The number of nitrogens with zero attached hydrogens (tertiary/aromatic N) is 1. The third-order valence-corrected chi connectivity index (χ3v) is 6.02. The lowest BCUT2D eigenvalue weighted by Crippen LogP contribution is -2.38. The summed E-state index contributed by atoms with van der Waals surface area (Å²) in [7, 11) is 1.71. The maximum atomic E-state index is 12.3. The van der Waals surface area contributed by atoms with Crippen molar-refractivity contribution in [1.82, 2.24) is 4.90 Å². The predicted octanol–water partition coefficient (Wildman–Crippen LogP) is 1.41. The number of likely N-dealkylation sites (N-methyl/N-ethyl adjacent to an activating group) is 1. The van der Waals surface area contributed by atoms with Crippen molar-refractivity contribution in [2.75, 3.05) is 44.6 Å². The third kappa shape index (κ3) is 4.52. The number of hydrogen-bond donors (Lipinski definition) is 1. The fourth-order valence-electron chi connectivity index (χ4n) is 2.63. The van der Waals surface area contributed by atoms with Crippen molar-refractivity contribution >= 4 is 33.0 Å². The standard InChI is InChI=1S/C15H21ClN2O5S/c1-18(10-4-5-24(20,21)9-10)8-15(19)17-12-7-13(22-2)11(16)6-14(12)23-3/h6-7,10H,4-5,8-9H2,1-3H3,(H,17,19). The van der Waals surface area contributed by atoms with Gasteiger partial charge in [0, 0.05) is 18.2 Å². The Morgan fingerprint density at radius 1 is 1.33 bits per heavy atom. The summed E-state index contributed by atoms with van der Waals surface area (Å²) in [5, 5.41) is 3.12. The van der Waals surface area contributed by atoms with Gasteiger partial charge in [-0.15, -0.1) is 0 Å². The molecular formula is C15H21ClN2O5S. The van der Waals surface area contributed by atoms with Gasteiger partial charge in [0.05, 0.1) is 43.0 Å². The summed E-state index contributed by atoms with van der Waals surface area (Å²) < 4.78 is 33.4. The normalized spacial score (nSPS) is 19.3. The maximum absolute atomic E-state index is 12.3. The van der Waals surface area contributed by atoms with Crippen LogP contribution >= 0.6 is 11.6 Å². The minimum Gasteiger partial charge on any atom is -0.495 e. The van der Waals surface area contributed by atoms with Crippen molar-refractivity contribution in [3.8, 4) is 11.5 Å². The van der Waals surface area contributed by atoms with Gasteiger partial charge in [-0.1, -0.05) is 11.6 Å². The van der Waals surface area contributed by atoms with Crippen molar-refractivity contribution < 1.29 is 22.7 Å². The predicted molar refractivity (Wildman–Crippen MR) is 92.9 cm³/mol. The maximum Gasteiger partial charge on any atom is 0.238 e. The van der Waals surface area contributed by atoms with E-state index in [0.29, 0.717) is 28.6 Å². The van der Waals surface area contributed by atoms with Crippen LogP contribution in [0.3, 0.4) is 0 Å². The lowest BCUT2D eigenvalue weighted by atomic mass is 10.2. The zero-order chi connectivity index (χ0) is 17.9. The Morgan fingerprint density at radius 3 is 2.54 bits per heavy atom. The molecule has 1 heterocycles. The molecule has 0 saturated carbocycles. The highest BCUT2D eigenvalue weighted by molar-refractivity contribution is 7.91. The van der Waals surface area contributed by atoms with Gasteiger partial charge in [-0.25, -0.2) is 8.42 Å². The van der Waals surface area contributed by atoms with Crippen LogP contribution in [0.2, 0.25) is 5.02 Å². The molecule has 2 rings (SSSR count). The first-order chi connectivity index (χ1) is 11.3. The van der Waals surface area contributed by atoms with E-state index in [0.717, 1.165) is 0 Å². The van der Waals surface area contributed by atoms with Crippen LogP contribution in [-0.4, -0.2) is 64.6 Å². The first-order valence-electron chi connectivity index (χ1n) is 7.37. The number of carbonyl (C=O) groups is 1. The average molecular weight is 377 g/mol. The molecule has 0 aromatic heterocycles. The van der Waals surface area contributed by atoms with E-state index in [9.17, 15) is 13.2 Å². The Hall–Kier alpha value is -1.51. The topological polar surface area (TPSA) is 84.9 Å². The molecule has 24 heavy (non-hydrogen) atoms. The fourth-order valence-corrected chi connectivity index (χ4v) is 4.66. The van der Waals surface area contributed by atoms with Crippen molar-refractivity contribution in [2.24, 2.45) is 0 Å². The van der Waals surface area contributed by atoms with Gasteiger partial charge >= 0.3 is 0 Å². The van der Waals surface area contributed by atoms with E-state index >= 15 is 0 Å². The van der Waals surface area contributed by atoms with E-state index in [1.165, 1.54) is 14.2 Å². The molecule has 1 N–H and O–H groups in total. The Balaban J connectivity index is 2.04. The van der Waals surface area contributed by atoms with E-state index in [4.69, 9.17) is 21.1 Å². The number of rotatable bonds is 6. The van der Waals surface area contributed by atoms with E-state index in [-0.39, 0.29) is 30.0 Å². The number of sulfone groups is 1. The van der Waals surface area contributed by atoms with Gasteiger partial charge in [-0.2, -0.15) is 0 Å². The summed E-state index contributed by atoms with van der Waals surface area (Å²) >= 11 is 6.03. The summed E-state index contributed by atoms with van der Waals surface area (Å²) in [5.41, 5.74) is 0.441. The number of amides is 1. The third-order valence-electron chi connectivity index (χ3n) is 3.97. The average Bonchev–Trinajstić information content (AvgIpc) is 2.88. The summed E-state index contributed by atoms with van der Waals surface area (Å²) in [6.07, 6.45) is 0.546. The number of halogens is 1. The lowest BCUT2D eigenvalue weighted by molar-refractivity contribution is -0.117. The number of carbonyl (C=O) groups excluding carboxylic acids is 1. The molecule has 9 heteroatoms. The van der Waals surface area contributed by atoms with E-state index in [2.05, 4.69) is 5.32 Å². The first kappa shape index (κ1) is 18.8. The molecule has 1 fully saturated rings. The molecule has 0 aliphatic carbocycles. The Labute approximate surface area is 146 Å². The van der Waals surface area contributed by atoms with Gasteiger partial charge in [0.15, 0.2) is 9.84 Å². The zero-order valence-electron chi connectivity index (χ0n) is 13.8. The molecule has 1 saturated heterocycles. The van der Waals surface area contributed by atoms with E-state index in [1.807, 2.05) is 0 Å². The number of ether oxygens (including phenoxy) is 2. The second-order valence-electron chi connectivity index (χ2n) is 5.71. The first-order valence-corrected chi connectivity index (χ1v) is 9.57. The zero-order valence-corrected chi connectivity index (χ0v) is 15.4. The van der Waals surface area contributed by atoms with Crippen LogP contribution in [0.5, 0.6) is 11.5 Å². The molecule has 1 aromatic rings. The SMILES string of the molecule is COc1cc(NC(=O)CN(C)C2CCS(=O)(=O)C2)c(OC)cc1Cl. The van der Waals surface area contributed by atoms with Crippen LogP contribution in [0.4, 0.5) is 5.69 Å². The Kier molecular flexibility index (Phi) is 5.95. The van der Waals surface area contributed by atoms with Gasteiger partial charge < -0.3 is 14.8 Å². The number of hydrogen-bond acceptors (Lipinski definition) is 6. The second-order valence-corrected chi connectivity index (χ2v) is 8.34. The van der Waals surface area contributed by atoms with Crippen LogP contribution in [0.25, 0.3) is 0 Å². The van der Waals surface area contributed by atoms with E-state index in [1.54, 1.807) is 24.1 Å². The Morgan fingerprint density at radius 2 is 2.00 bits per heavy atom. The molecule has 1 unspecified atom stereocenters. The number of anilines is 1. The van der Waals surface area contributed by atoms with Crippen LogP contribution in [-0.2, 0) is 14.6 Å².